The molecule has 1 aromatic carbocycles. The summed E-state index contributed by atoms with van der Waals surface area (Å²) in [7, 11) is -6.80. The molecule has 0 aromatic heterocycles. The molecule has 1 rings (SSSR count). The summed E-state index contributed by atoms with van der Waals surface area (Å²) in [4.78, 5) is 0. The van der Waals surface area contributed by atoms with Crippen LogP contribution in [-0.2, 0) is 38.1 Å². The number of ether oxygens (including phenoxy) is 2. The Morgan fingerprint density at radius 1 is 0.588 bits per heavy atom. The van der Waals surface area contributed by atoms with Gasteiger partial charge in [-0.3, -0.25) is 9.13 Å². The molecule has 0 amide bonds. The summed E-state index contributed by atoms with van der Waals surface area (Å²) in [6, 6.07) is 3.79. The van der Waals surface area contributed by atoms with Crippen LogP contribution in [0.3, 0.4) is 0 Å². The van der Waals surface area contributed by atoms with Gasteiger partial charge in [0.05, 0.1) is 26.4 Å². The second kappa shape index (κ2) is 12.9. The SMILES string of the molecule is CCOP(=O)(COc1cc(C(C)(C)C)c(OCP(=O)(OCC)OCC)cc1C(C)(C)C)OCC. The fourth-order valence-corrected chi connectivity index (χ4v) is 5.89. The van der Waals surface area contributed by atoms with Crippen molar-refractivity contribution in [3.63, 3.8) is 0 Å². The van der Waals surface area contributed by atoms with E-state index in [2.05, 4.69) is 0 Å². The average molecular weight is 523 g/mol. The van der Waals surface area contributed by atoms with E-state index < -0.39 is 15.2 Å². The van der Waals surface area contributed by atoms with Gasteiger partial charge in [0.25, 0.3) is 0 Å². The van der Waals surface area contributed by atoms with E-state index in [9.17, 15) is 9.13 Å². The van der Waals surface area contributed by atoms with E-state index in [0.717, 1.165) is 11.1 Å². The van der Waals surface area contributed by atoms with Gasteiger partial charge in [-0.1, -0.05) is 41.5 Å². The quantitative estimate of drug-likeness (QED) is 0.232. The first kappa shape index (κ1) is 31.2. The fraction of sp³-hybridized carbons (Fsp3) is 0.750. The van der Waals surface area contributed by atoms with Crippen molar-refractivity contribution < 1.29 is 36.7 Å². The first-order valence-corrected chi connectivity index (χ1v) is 15.3. The summed E-state index contributed by atoms with van der Waals surface area (Å²) < 4.78 is 59.6. The molecule has 0 aliphatic heterocycles. The number of benzene rings is 1. The molecular formula is C24H44O8P2. The summed E-state index contributed by atoms with van der Waals surface area (Å²) in [5.74, 6) is 1.14. The van der Waals surface area contributed by atoms with Gasteiger partial charge in [-0.2, -0.15) is 0 Å². The lowest BCUT2D eigenvalue weighted by molar-refractivity contribution is 0.193. The van der Waals surface area contributed by atoms with Crippen LogP contribution in [0.15, 0.2) is 12.1 Å². The number of hydrogen-bond donors (Lipinski definition) is 0. The Hall–Kier alpha value is -0.880. The van der Waals surface area contributed by atoms with Crippen LogP contribution >= 0.6 is 15.2 Å². The maximum atomic E-state index is 13.0. The molecule has 8 nitrogen and oxygen atoms in total. The van der Waals surface area contributed by atoms with Crippen LogP contribution in [0.4, 0.5) is 0 Å². The van der Waals surface area contributed by atoms with Gasteiger partial charge in [-0.15, -0.1) is 0 Å². The molecule has 0 atom stereocenters. The van der Waals surface area contributed by atoms with E-state index in [1.165, 1.54) is 0 Å². The van der Waals surface area contributed by atoms with Crippen molar-refractivity contribution in [2.45, 2.75) is 80.1 Å². The third-order valence-corrected chi connectivity index (χ3v) is 8.25. The van der Waals surface area contributed by atoms with Gasteiger partial charge < -0.3 is 27.6 Å². The van der Waals surface area contributed by atoms with Crippen LogP contribution in [0.25, 0.3) is 0 Å². The van der Waals surface area contributed by atoms with E-state index in [-0.39, 0.29) is 50.0 Å². The van der Waals surface area contributed by atoms with Gasteiger partial charge in [0.15, 0.2) is 12.7 Å². The zero-order chi connectivity index (χ0) is 26.2. The van der Waals surface area contributed by atoms with Crippen molar-refractivity contribution in [3.05, 3.63) is 23.3 Å². The van der Waals surface area contributed by atoms with Crippen LogP contribution < -0.4 is 9.47 Å². The molecule has 0 saturated carbocycles. The molecular weight excluding hydrogens is 478 g/mol. The Labute approximate surface area is 206 Å². The van der Waals surface area contributed by atoms with Gasteiger partial charge in [-0.05, 0) is 50.7 Å². The molecule has 0 N–H and O–H groups in total. The van der Waals surface area contributed by atoms with Crippen molar-refractivity contribution in [3.8, 4) is 11.5 Å². The average Bonchev–Trinajstić information content (AvgIpc) is 2.70. The lowest BCUT2D eigenvalue weighted by atomic mass is 9.81. The minimum absolute atomic E-state index is 0.203. The highest BCUT2D eigenvalue weighted by Gasteiger charge is 2.31. The highest BCUT2D eigenvalue weighted by atomic mass is 31.2. The maximum absolute atomic E-state index is 13.0. The molecule has 0 aliphatic rings. The summed E-state index contributed by atoms with van der Waals surface area (Å²) in [6.45, 7) is 20.4. The van der Waals surface area contributed by atoms with E-state index >= 15 is 0 Å². The Bertz CT molecular complexity index is 779. The molecule has 0 unspecified atom stereocenters. The lowest BCUT2D eigenvalue weighted by Gasteiger charge is -2.30. The Balaban J connectivity index is 3.47. The predicted octanol–water partition coefficient (Wildman–Crippen LogP) is 7.49. The van der Waals surface area contributed by atoms with Gasteiger partial charge >= 0.3 is 15.2 Å². The van der Waals surface area contributed by atoms with Crippen molar-refractivity contribution in [1.82, 2.24) is 0 Å². The Morgan fingerprint density at radius 3 is 1.06 bits per heavy atom. The highest BCUT2D eigenvalue weighted by Crippen LogP contribution is 2.51. The number of rotatable bonds is 14. The van der Waals surface area contributed by atoms with E-state index in [1.54, 1.807) is 27.7 Å². The largest absolute Gasteiger partial charge is 0.481 e. The number of hydrogen-bond acceptors (Lipinski definition) is 8. The van der Waals surface area contributed by atoms with Crippen LogP contribution in [0.1, 0.15) is 80.4 Å². The van der Waals surface area contributed by atoms with Gasteiger partial charge in [-0.25, -0.2) is 0 Å². The molecule has 198 valence electrons. The van der Waals surface area contributed by atoms with Crippen molar-refractivity contribution in [1.29, 1.82) is 0 Å². The second-order valence-electron chi connectivity index (χ2n) is 9.78. The molecule has 0 spiro atoms. The molecule has 1 aromatic rings. The monoisotopic (exact) mass is 522 g/mol. The zero-order valence-electron chi connectivity index (χ0n) is 22.6. The topological polar surface area (TPSA) is 89.5 Å². The molecule has 34 heavy (non-hydrogen) atoms. The Kier molecular flexibility index (Phi) is 11.8. The molecule has 0 fully saturated rings. The summed E-state index contributed by atoms with van der Waals surface area (Å²) >= 11 is 0. The van der Waals surface area contributed by atoms with Crippen LogP contribution in [0.2, 0.25) is 0 Å². The first-order chi connectivity index (χ1) is 15.6. The van der Waals surface area contributed by atoms with Crippen molar-refractivity contribution in [2.24, 2.45) is 0 Å². The van der Waals surface area contributed by atoms with Crippen LogP contribution in [0.5, 0.6) is 11.5 Å². The molecule has 0 saturated heterocycles. The molecule has 0 bridgehead atoms. The van der Waals surface area contributed by atoms with E-state index in [0.29, 0.717) is 11.5 Å². The predicted molar refractivity (Wildman–Crippen MR) is 137 cm³/mol. The zero-order valence-corrected chi connectivity index (χ0v) is 24.3. The summed E-state index contributed by atoms with van der Waals surface area (Å²) in [5.41, 5.74) is 1.04. The Morgan fingerprint density at radius 2 is 0.853 bits per heavy atom. The van der Waals surface area contributed by atoms with Crippen molar-refractivity contribution >= 4 is 15.2 Å². The third-order valence-electron chi connectivity index (χ3n) is 4.76. The molecule has 0 heterocycles. The van der Waals surface area contributed by atoms with Gasteiger partial charge in [0, 0.05) is 11.1 Å². The standard InChI is InChI=1S/C24H44O8P2/c1-11-29-33(25,30-12-2)17-27-21-15-20(24(8,9)10)22(16-19(21)23(5,6)7)28-18-34(26,31-13-3)32-14-4/h15-16H,11-14,17-18H2,1-10H3. The smallest absolute Gasteiger partial charge is 0.367 e. The van der Waals surface area contributed by atoms with E-state index in [4.69, 9.17) is 27.6 Å². The van der Waals surface area contributed by atoms with Crippen LogP contribution in [0, 0.1) is 0 Å². The normalized spacial score (nSPS) is 13.2. The van der Waals surface area contributed by atoms with Gasteiger partial charge in [0.1, 0.15) is 11.5 Å². The maximum Gasteiger partial charge on any atom is 0.367 e. The first-order valence-electron chi connectivity index (χ1n) is 11.9. The molecule has 0 aliphatic carbocycles. The molecule has 0 radical (unpaired) electrons. The molecule has 10 heteroatoms. The minimum Gasteiger partial charge on any atom is -0.481 e. The summed E-state index contributed by atoms with van der Waals surface area (Å²) in [6.07, 6.45) is -0.406. The summed E-state index contributed by atoms with van der Waals surface area (Å²) in [5, 5.41) is 0. The van der Waals surface area contributed by atoms with E-state index in [1.807, 2.05) is 53.7 Å². The second-order valence-corrected chi connectivity index (χ2v) is 13.8. The highest BCUT2D eigenvalue weighted by molar-refractivity contribution is 7.53. The van der Waals surface area contributed by atoms with Crippen molar-refractivity contribution in [2.75, 3.05) is 39.1 Å². The third kappa shape index (κ3) is 9.29. The minimum atomic E-state index is -3.40. The van der Waals surface area contributed by atoms with Crippen LogP contribution in [-0.4, -0.2) is 39.1 Å². The fourth-order valence-electron chi connectivity index (χ4n) is 3.28. The lowest BCUT2D eigenvalue weighted by Crippen LogP contribution is -2.19. The van der Waals surface area contributed by atoms with Gasteiger partial charge in [0.2, 0.25) is 0 Å².